The topological polar surface area (TPSA) is 12.0 Å². The summed E-state index contributed by atoms with van der Waals surface area (Å²) in [6.07, 6.45) is 7.56. The second-order valence-corrected chi connectivity index (χ2v) is 6.67. The monoisotopic (exact) mass is 277 g/mol. The van der Waals surface area contributed by atoms with Crippen molar-refractivity contribution in [3.63, 3.8) is 0 Å². The zero-order chi connectivity index (χ0) is 11.4. The molecule has 1 N–H and O–H groups in total. The molecule has 0 aliphatic carbocycles. The van der Waals surface area contributed by atoms with Gasteiger partial charge in [0.1, 0.15) is 0 Å². The van der Waals surface area contributed by atoms with Crippen molar-refractivity contribution >= 4 is 34.5 Å². The lowest BCUT2D eigenvalue weighted by atomic mass is 10.0. The number of nitrogens with one attached hydrogen (secondary N) is 1. The summed E-state index contributed by atoms with van der Waals surface area (Å²) in [4.78, 5) is 0. The third-order valence-corrected chi connectivity index (χ3v) is 4.72. The molecule has 1 nitrogen and oxygen atoms in total. The van der Waals surface area contributed by atoms with Crippen LogP contribution in [0.3, 0.4) is 0 Å². The van der Waals surface area contributed by atoms with Gasteiger partial charge in [-0.3, -0.25) is 0 Å². The maximum atomic E-state index is 6.11. The molecule has 0 amide bonds. The Bertz CT molecular complexity index is 330. The lowest BCUT2D eigenvalue weighted by Crippen LogP contribution is -2.28. The van der Waals surface area contributed by atoms with Crippen LogP contribution in [0.5, 0.6) is 0 Å². The van der Waals surface area contributed by atoms with Crippen LogP contribution in [0.1, 0.15) is 37.7 Å². The molecule has 90 valence electrons. The van der Waals surface area contributed by atoms with Gasteiger partial charge in [0.15, 0.2) is 0 Å². The Hall–Kier alpha value is 0.240. The fourth-order valence-electron chi connectivity index (χ4n) is 2.22. The van der Waals surface area contributed by atoms with Crippen molar-refractivity contribution in [1.82, 2.24) is 5.32 Å². The minimum Gasteiger partial charge on any atom is -0.314 e. The summed E-state index contributed by atoms with van der Waals surface area (Å²) in [5.74, 6) is 0. The zero-order valence-electron chi connectivity index (χ0n) is 9.27. The minimum atomic E-state index is 0.664. The number of aryl methyl sites for hydroxylation is 1. The molecule has 1 unspecified atom stereocenters. The van der Waals surface area contributed by atoms with Crippen LogP contribution in [-0.2, 0) is 6.42 Å². The van der Waals surface area contributed by atoms with Gasteiger partial charge in [0.2, 0.25) is 0 Å². The van der Waals surface area contributed by atoms with Crippen LogP contribution in [0.2, 0.25) is 8.67 Å². The Morgan fingerprint density at radius 2 is 2.19 bits per heavy atom. The number of thiophene rings is 1. The largest absolute Gasteiger partial charge is 0.314 e. The molecule has 0 aromatic carbocycles. The normalized spacial score (nSPS) is 22.0. The van der Waals surface area contributed by atoms with Gasteiger partial charge in [-0.2, -0.15) is 0 Å². The summed E-state index contributed by atoms with van der Waals surface area (Å²) in [5, 5.41) is 3.61. The molecule has 1 aromatic heterocycles. The molecule has 2 rings (SSSR count). The first-order valence-corrected chi connectivity index (χ1v) is 7.50. The van der Waals surface area contributed by atoms with Crippen molar-refractivity contribution in [3.8, 4) is 0 Å². The third kappa shape index (κ3) is 3.63. The first-order valence-electron chi connectivity index (χ1n) is 5.93. The summed E-state index contributed by atoms with van der Waals surface area (Å²) in [6.45, 7) is 1.17. The van der Waals surface area contributed by atoms with Crippen molar-refractivity contribution in [2.75, 3.05) is 6.54 Å². The lowest BCUT2D eigenvalue weighted by Gasteiger charge is -2.14. The molecule has 1 aromatic rings. The van der Waals surface area contributed by atoms with Gasteiger partial charge in [-0.25, -0.2) is 0 Å². The fourth-order valence-corrected chi connectivity index (χ4v) is 3.77. The molecular formula is C12H17Cl2NS. The number of halogens is 2. The number of rotatable bonds is 3. The van der Waals surface area contributed by atoms with Gasteiger partial charge in [0.05, 0.1) is 8.67 Å². The van der Waals surface area contributed by atoms with Crippen LogP contribution >= 0.6 is 34.5 Å². The van der Waals surface area contributed by atoms with Crippen LogP contribution < -0.4 is 5.32 Å². The summed E-state index contributed by atoms with van der Waals surface area (Å²) >= 11 is 13.5. The predicted molar refractivity (Wildman–Crippen MR) is 72.9 cm³/mol. The second-order valence-electron chi connectivity index (χ2n) is 4.39. The molecule has 1 atom stereocenters. The summed E-state index contributed by atoms with van der Waals surface area (Å²) in [7, 11) is 0. The van der Waals surface area contributed by atoms with Crippen molar-refractivity contribution in [3.05, 3.63) is 20.3 Å². The van der Waals surface area contributed by atoms with Gasteiger partial charge >= 0.3 is 0 Å². The van der Waals surface area contributed by atoms with Crippen molar-refractivity contribution < 1.29 is 0 Å². The quantitative estimate of drug-likeness (QED) is 0.857. The summed E-state index contributed by atoms with van der Waals surface area (Å²) in [6, 6.07) is 2.67. The van der Waals surface area contributed by atoms with E-state index in [4.69, 9.17) is 23.2 Å². The van der Waals surface area contributed by atoms with E-state index in [1.807, 2.05) is 6.07 Å². The highest BCUT2D eigenvalue weighted by molar-refractivity contribution is 7.20. The maximum Gasteiger partial charge on any atom is 0.0976 e. The molecule has 4 heteroatoms. The molecule has 16 heavy (non-hydrogen) atoms. The van der Waals surface area contributed by atoms with Crippen molar-refractivity contribution in [2.45, 2.75) is 44.6 Å². The van der Waals surface area contributed by atoms with Gasteiger partial charge in [-0.1, -0.05) is 36.0 Å². The molecule has 0 saturated carbocycles. The third-order valence-electron chi connectivity index (χ3n) is 3.15. The fraction of sp³-hybridized carbons (Fsp3) is 0.667. The average Bonchev–Trinajstić information content (AvgIpc) is 2.48. The Morgan fingerprint density at radius 3 is 2.94 bits per heavy atom. The lowest BCUT2D eigenvalue weighted by molar-refractivity contribution is 0.478. The highest BCUT2D eigenvalue weighted by atomic mass is 35.5. The highest BCUT2D eigenvalue weighted by Crippen LogP contribution is 2.32. The predicted octanol–water partition coefficient (Wildman–Crippen LogP) is 4.52. The first-order chi connectivity index (χ1) is 7.75. The number of hydrogen-bond acceptors (Lipinski definition) is 2. The Morgan fingerprint density at radius 1 is 1.31 bits per heavy atom. The highest BCUT2D eigenvalue weighted by Gasteiger charge is 2.13. The first kappa shape index (κ1) is 12.7. The van der Waals surface area contributed by atoms with E-state index >= 15 is 0 Å². The van der Waals surface area contributed by atoms with Gasteiger partial charge < -0.3 is 5.32 Å². The molecule has 1 aliphatic rings. The van der Waals surface area contributed by atoms with E-state index in [0.717, 1.165) is 15.1 Å². The zero-order valence-corrected chi connectivity index (χ0v) is 11.6. The summed E-state index contributed by atoms with van der Waals surface area (Å²) < 4.78 is 1.66. The van der Waals surface area contributed by atoms with Crippen LogP contribution in [0.4, 0.5) is 0 Å². The van der Waals surface area contributed by atoms with Gasteiger partial charge in [0.25, 0.3) is 0 Å². The van der Waals surface area contributed by atoms with Crippen LogP contribution in [0.15, 0.2) is 6.07 Å². The van der Waals surface area contributed by atoms with Crippen LogP contribution in [0.25, 0.3) is 0 Å². The van der Waals surface area contributed by atoms with Gasteiger partial charge in [0, 0.05) is 6.04 Å². The van der Waals surface area contributed by atoms with Crippen molar-refractivity contribution in [1.29, 1.82) is 0 Å². The second kappa shape index (κ2) is 6.25. The minimum absolute atomic E-state index is 0.664. The van der Waals surface area contributed by atoms with Gasteiger partial charge in [-0.05, 0) is 43.9 Å². The maximum absolute atomic E-state index is 6.11. The van der Waals surface area contributed by atoms with E-state index in [0.29, 0.717) is 6.04 Å². The summed E-state index contributed by atoms with van der Waals surface area (Å²) in [5.41, 5.74) is 1.21. The molecule has 1 fully saturated rings. The SMILES string of the molecule is Clc1cc(CCC2CCCCCN2)c(Cl)s1. The standard InChI is InChI=1S/C12H17Cl2NS/c13-11-8-9(12(14)16-11)5-6-10-4-2-1-3-7-15-10/h8,10,15H,1-7H2. The Kier molecular flexibility index (Phi) is 4.96. The van der Waals surface area contributed by atoms with E-state index in [1.54, 1.807) is 0 Å². The van der Waals surface area contributed by atoms with E-state index in [2.05, 4.69) is 5.32 Å². The van der Waals surface area contributed by atoms with E-state index < -0.39 is 0 Å². The molecule has 0 bridgehead atoms. The molecule has 0 spiro atoms. The molecular weight excluding hydrogens is 261 g/mol. The number of hydrogen-bond donors (Lipinski definition) is 1. The van der Waals surface area contributed by atoms with Crippen molar-refractivity contribution in [2.24, 2.45) is 0 Å². The van der Waals surface area contributed by atoms with Crippen LogP contribution in [0, 0.1) is 0 Å². The Balaban J connectivity index is 1.84. The molecule has 0 radical (unpaired) electrons. The smallest absolute Gasteiger partial charge is 0.0976 e. The van der Waals surface area contributed by atoms with Crippen LogP contribution in [-0.4, -0.2) is 12.6 Å². The van der Waals surface area contributed by atoms with E-state index in [9.17, 15) is 0 Å². The van der Waals surface area contributed by atoms with E-state index in [-0.39, 0.29) is 0 Å². The molecule has 1 saturated heterocycles. The molecule has 2 heterocycles. The Labute approximate surface area is 111 Å². The van der Waals surface area contributed by atoms with Gasteiger partial charge in [-0.15, -0.1) is 11.3 Å². The van der Waals surface area contributed by atoms with E-state index in [1.165, 1.54) is 55.5 Å². The average molecular weight is 278 g/mol. The molecule has 1 aliphatic heterocycles.